The second kappa shape index (κ2) is 5.64. The van der Waals surface area contributed by atoms with Crippen LogP contribution in [0.4, 0.5) is 22.0 Å². The number of alkyl halides is 5. The van der Waals surface area contributed by atoms with E-state index in [0.29, 0.717) is 6.42 Å². The summed E-state index contributed by atoms with van der Waals surface area (Å²) in [6, 6.07) is 0. The SMILES string of the molecule is C=C(C)C(=O)OC12CC3CC(C1)C(O)(C(F)(F)C(O)(O)C(F)(F)F)C(C3)C2. The molecule has 154 valence electrons. The van der Waals surface area contributed by atoms with Gasteiger partial charge in [-0.3, -0.25) is 0 Å². The Morgan fingerprint density at radius 3 is 1.96 bits per heavy atom. The van der Waals surface area contributed by atoms with Gasteiger partial charge in [0.05, 0.1) is 0 Å². The van der Waals surface area contributed by atoms with Gasteiger partial charge >= 0.3 is 23.9 Å². The van der Waals surface area contributed by atoms with E-state index in [1.54, 1.807) is 0 Å². The molecule has 4 aliphatic rings. The second-order valence-electron chi connectivity index (χ2n) is 8.27. The Labute approximate surface area is 151 Å². The highest BCUT2D eigenvalue weighted by molar-refractivity contribution is 5.87. The fourth-order valence-corrected chi connectivity index (χ4v) is 5.29. The van der Waals surface area contributed by atoms with Crippen LogP contribution < -0.4 is 0 Å². The fourth-order valence-electron chi connectivity index (χ4n) is 5.29. The molecule has 4 saturated carbocycles. The molecule has 0 spiro atoms. The summed E-state index contributed by atoms with van der Waals surface area (Å²) in [6.07, 6.45) is -6.28. The third kappa shape index (κ3) is 2.63. The third-order valence-electron chi connectivity index (χ3n) is 6.37. The van der Waals surface area contributed by atoms with Gasteiger partial charge in [0.1, 0.15) is 11.2 Å². The van der Waals surface area contributed by atoms with Crippen molar-refractivity contribution in [2.45, 2.75) is 68.1 Å². The largest absolute Gasteiger partial charge is 0.456 e. The average molecular weight is 400 g/mol. The van der Waals surface area contributed by atoms with Gasteiger partial charge in [-0.1, -0.05) is 6.58 Å². The molecule has 0 amide bonds. The van der Waals surface area contributed by atoms with Crippen LogP contribution in [-0.2, 0) is 9.53 Å². The number of ether oxygens (including phenoxy) is 1. The maximum absolute atomic E-state index is 14.8. The minimum Gasteiger partial charge on any atom is -0.456 e. The Hall–Kier alpha value is -1.26. The molecule has 0 heterocycles. The Kier molecular flexibility index (Phi) is 4.27. The van der Waals surface area contributed by atoms with Crippen LogP contribution in [0.5, 0.6) is 0 Å². The van der Waals surface area contributed by atoms with Crippen molar-refractivity contribution < 1.29 is 46.8 Å². The molecule has 0 saturated heterocycles. The van der Waals surface area contributed by atoms with E-state index in [4.69, 9.17) is 4.74 Å². The summed E-state index contributed by atoms with van der Waals surface area (Å²) in [4.78, 5) is 11.9. The molecule has 0 aromatic rings. The predicted octanol–water partition coefficient (Wildman–Crippen LogP) is 2.29. The number of halogens is 5. The number of aliphatic hydroxyl groups is 3. The van der Waals surface area contributed by atoms with E-state index in [2.05, 4.69) is 6.58 Å². The highest BCUT2D eigenvalue weighted by Crippen LogP contribution is 2.66. The lowest BCUT2D eigenvalue weighted by molar-refractivity contribution is -0.460. The van der Waals surface area contributed by atoms with Crippen molar-refractivity contribution in [2.24, 2.45) is 17.8 Å². The van der Waals surface area contributed by atoms with E-state index in [-0.39, 0.29) is 37.2 Å². The molecule has 10 heteroatoms. The first-order valence-corrected chi connectivity index (χ1v) is 8.58. The first kappa shape index (κ1) is 20.5. The Morgan fingerprint density at radius 1 is 1.07 bits per heavy atom. The van der Waals surface area contributed by atoms with Crippen LogP contribution in [0.2, 0.25) is 0 Å². The number of carbonyl (C=O) groups is 1. The molecule has 0 radical (unpaired) electrons. The fraction of sp³-hybridized carbons (Fsp3) is 0.824. The molecule has 0 aromatic carbocycles. The van der Waals surface area contributed by atoms with Crippen molar-refractivity contribution in [2.75, 3.05) is 0 Å². The summed E-state index contributed by atoms with van der Waals surface area (Å²) in [5.74, 6) is -14.3. The van der Waals surface area contributed by atoms with Crippen molar-refractivity contribution in [3.63, 3.8) is 0 Å². The highest BCUT2D eigenvalue weighted by atomic mass is 19.4. The molecule has 4 rings (SSSR count). The molecule has 5 nitrogen and oxygen atoms in total. The molecule has 3 N–H and O–H groups in total. The molecule has 4 aliphatic carbocycles. The molecule has 2 unspecified atom stereocenters. The summed E-state index contributed by atoms with van der Waals surface area (Å²) in [7, 11) is 0. The highest BCUT2D eigenvalue weighted by Gasteiger charge is 2.82. The van der Waals surface area contributed by atoms with Gasteiger partial charge in [0, 0.05) is 5.57 Å². The van der Waals surface area contributed by atoms with Crippen molar-refractivity contribution in [3.05, 3.63) is 12.2 Å². The zero-order valence-electron chi connectivity index (χ0n) is 14.5. The van der Waals surface area contributed by atoms with Crippen molar-refractivity contribution in [3.8, 4) is 0 Å². The normalized spacial score (nSPS) is 38.8. The zero-order chi connectivity index (χ0) is 20.6. The maximum Gasteiger partial charge on any atom is 0.449 e. The Balaban J connectivity index is 1.97. The third-order valence-corrected chi connectivity index (χ3v) is 6.37. The van der Waals surface area contributed by atoms with Crippen LogP contribution in [0.3, 0.4) is 0 Å². The van der Waals surface area contributed by atoms with Gasteiger partial charge in [0.25, 0.3) is 0 Å². The van der Waals surface area contributed by atoms with Gasteiger partial charge in [-0.15, -0.1) is 0 Å². The van der Waals surface area contributed by atoms with Crippen molar-refractivity contribution in [1.82, 2.24) is 0 Å². The Bertz CT molecular complexity index is 655. The van der Waals surface area contributed by atoms with E-state index in [1.165, 1.54) is 6.92 Å². The summed E-state index contributed by atoms with van der Waals surface area (Å²) in [5.41, 5.74) is -4.35. The van der Waals surface area contributed by atoms with Crippen molar-refractivity contribution in [1.29, 1.82) is 0 Å². The molecule has 2 atom stereocenters. The monoisotopic (exact) mass is 400 g/mol. The van der Waals surface area contributed by atoms with E-state index in [9.17, 15) is 42.1 Å². The van der Waals surface area contributed by atoms with E-state index >= 15 is 0 Å². The van der Waals surface area contributed by atoms with Gasteiger partial charge < -0.3 is 20.1 Å². The van der Waals surface area contributed by atoms with Crippen LogP contribution in [-0.4, -0.2) is 50.4 Å². The molecule has 4 fully saturated rings. The topological polar surface area (TPSA) is 87.0 Å². The first-order valence-electron chi connectivity index (χ1n) is 8.58. The van der Waals surface area contributed by atoms with Crippen LogP contribution in [0.15, 0.2) is 12.2 Å². The quantitative estimate of drug-likeness (QED) is 0.292. The number of rotatable bonds is 4. The van der Waals surface area contributed by atoms with Gasteiger partial charge in [-0.05, 0) is 56.8 Å². The minimum absolute atomic E-state index is 0.0110. The van der Waals surface area contributed by atoms with E-state index in [0.717, 1.165) is 0 Å². The lowest BCUT2D eigenvalue weighted by Crippen LogP contribution is -2.77. The number of carbonyl (C=O) groups excluding carboxylic acids is 1. The Morgan fingerprint density at radius 2 is 1.56 bits per heavy atom. The summed E-state index contributed by atoms with van der Waals surface area (Å²) in [5, 5.41) is 29.2. The zero-order valence-corrected chi connectivity index (χ0v) is 14.5. The summed E-state index contributed by atoms with van der Waals surface area (Å²) >= 11 is 0. The van der Waals surface area contributed by atoms with Crippen LogP contribution in [0.1, 0.15) is 39.0 Å². The predicted molar refractivity (Wildman–Crippen MR) is 80.3 cm³/mol. The van der Waals surface area contributed by atoms with Gasteiger partial charge in [0.15, 0.2) is 0 Å². The van der Waals surface area contributed by atoms with Crippen LogP contribution >= 0.6 is 0 Å². The smallest absolute Gasteiger partial charge is 0.449 e. The minimum atomic E-state index is -6.06. The van der Waals surface area contributed by atoms with E-state index < -0.39 is 46.9 Å². The van der Waals surface area contributed by atoms with Crippen molar-refractivity contribution >= 4 is 5.97 Å². The number of hydrogen-bond donors (Lipinski definition) is 3. The second-order valence-corrected chi connectivity index (χ2v) is 8.27. The lowest BCUT2D eigenvalue weighted by atomic mass is 9.46. The van der Waals surface area contributed by atoms with Crippen LogP contribution in [0, 0.1) is 17.8 Å². The molecule has 27 heavy (non-hydrogen) atoms. The van der Waals surface area contributed by atoms with E-state index in [1.807, 2.05) is 0 Å². The van der Waals surface area contributed by atoms with Gasteiger partial charge in [-0.25, -0.2) is 4.79 Å². The average Bonchev–Trinajstić information content (AvgIpc) is 2.49. The van der Waals surface area contributed by atoms with Crippen LogP contribution in [0.25, 0.3) is 0 Å². The molecular weight excluding hydrogens is 379 g/mol. The molecule has 0 aliphatic heterocycles. The molecular formula is C17H21F5O5. The molecule has 4 bridgehead atoms. The van der Waals surface area contributed by atoms with Gasteiger partial charge in [-0.2, -0.15) is 22.0 Å². The standard InChI is InChI=1S/C17H21F5O5/c1-8(2)12(23)27-13-5-9-3-10(6-13)14(24,11(4-9)7-13)15(18,19)16(25,26)17(20,21)22/h9-11,24-26H,1,3-7H2,2H3. The lowest BCUT2D eigenvalue weighted by Gasteiger charge is -2.64. The van der Waals surface area contributed by atoms with Gasteiger partial charge in [0.2, 0.25) is 0 Å². The maximum atomic E-state index is 14.8. The first-order chi connectivity index (χ1) is 12.1. The number of esters is 1. The number of hydrogen-bond acceptors (Lipinski definition) is 5. The summed E-state index contributed by atoms with van der Waals surface area (Å²) < 4.78 is 73.6. The molecule has 0 aromatic heterocycles. The summed E-state index contributed by atoms with van der Waals surface area (Å²) in [6.45, 7) is 4.85.